The summed E-state index contributed by atoms with van der Waals surface area (Å²) in [6.07, 6.45) is 0. The lowest BCUT2D eigenvalue weighted by Gasteiger charge is -2.26. The SMILES string of the molecule is CCOc1ccc(C2(C)OCCO2)c(C)c1C. The molecule has 0 bridgehead atoms. The third kappa shape index (κ3) is 2.17. The Morgan fingerprint density at radius 3 is 2.41 bits per heavy atom. The van der Waals surface area contributed by atoms with Crippen LogP contribution in [0.25, 0.3) is 0 Å². The normalized spacial score (nSPS) is 18.4. The van der Waals surface area contributed by atoms with Gasteiger partial charge in [0.25, 0.3) is 0 Å². The Morgan fingerprint density at radius 1 is 1.18 bits per heavy atom. The predicted molar refractivity (Wildman–Crippen MR) is 66.3 cm³/mol. The number of hydrogen-bond acceptors (Lipinski definition) is 3. The van der Waals surface area contributed by atoms with Gasteiger partial charge in [-0.3, -0.25) is 0 Å². The lowest BCUT2D eigenvalue weighted by Crippen LogP contribution is -2.24. The quantitative estimate of drug-likeness (QED) is 0.807. The summed E-state index contributed by atoms with van der Waals surface area (Å²) in [5, 5.41) is 0. The number of ether oxygens (including phenoxy) is 3. The van der Waals surface area contributed by atoms with Gasteiger partial charge in [0.1, 0.15) is 5.75 Å². The van der Waals surface area contributed by atoms with Crippen molar-refractivity contribution in [3.05, 3.63) is 28.8 Å². The summed E-state index contributed by atoms with van der Waals surface area (Å²) < 4.78 is 17.0. The van der Waals surface area contributed by atoms with Gasteiger partial charge in [-0.2, -0.15) is 0 Å². The Bertz CT molecular complexity index is 406. The van der Waals surface area contributed by atoms with E-state index < -0.39 is 5.79 Å². The third-order valence-electron chi connectivity index (χ3n) is 3.36. The first-order valence-corrected chi connectivity index (χ1v) is 6.10. The molecule has 0 atom stereocenters. The zero-order valence-corrected chi connectivity index (χ0v) is 11.0. The molecule has 0 amide bonds. The average Bonchev–Trinajstić information content (AvgIpc) is 2.73. The van der Waals surface area contributed by atoms with E-state index >= 15 is 0 Å². The Labute approximate surface area is 103 Å². The van der Waals surface area contributed by atoms with E-state index in [4.69, 9.17) is 14.2 Å². The van der Waals surface area contributed by atoms with E-state index in [1.54, 1.807) is 0 Å². The van der Waals surface area contributed by atoms with Crippen molar-refractivity contribution in [1.82, 2.24) is 0 Å². The molecule has 0 N–H and O–H groups in total. The van der Waals surface area contributed by atoms with Gasteiger partial charge in [-0.1, -0.05) is 0 Å². The highest BCUT2D eigenvalue weighted by atomic mass is 16.7. The van der Waals surface area contributed by atoms with Crippen LogP contribution in [0.2, 0.25) is 0 Å². The molecule has 3 heteroatoms. The van der Waals surface area contributed by atoms with Gasteiger partial charge < -0.3 is 14.2 Å². The van der Waals surface area contributed by atoms with Crippen LogP contribution in [0.3, 0.4) is 0 Å². The first-order valence-electron chi connectivity index (χ1n) is 6.10. The maximum Gasteiger partial charge on any atom is 0.192 e. The minimum absolute atomic E-state index is 0.598. The highest BCUT2D eigenvalue weighted by Crippen LogP contribution is 2.36. The summed E-state index contributed by atoms with van der Waals surface area (Å²) in [6, 6.07) is 4.04. The highest BCUT2D eigenvalue weighted by molar-refractivity contribution is 5.45. The fraction of sp³-hybridized carbons (Fsp3) is 0.571. The molecule has 1 aromatic rings. The van der Waals surface area contributed by atoms with Crippen molar-refractivity contribution in [3.8, 4) is 5.75 Å². The summed E-state index contributed by atoms with van der Waals surface area (Å²) in [5.41, 5.74) is 3.43. The van der Waals surface area contributed by atoms with Crippen molar-refractivity contribution in [2.75, 3.05) is 19.8 Å². The van der Waals surface area contributed by atoms with E-state index in [1.807, 2.05) is 26.0 Å². The van der Waals surface area contributed by atoms with Gasteiger partial charge in [0.05, 0.1) is 19.8 Å². The summed E-state index contributed by atoms with van der Waals surface area (Å²) >= 11 is 0. The number of benzene rings is 1. The molecular weight excluding hydrogens is 216 g/mol. The Kier molecular flexibility index (Phi) is 3.40. The molecular formula is C14H20O3. The summed E-state index contributed by atoms with van der Waals surface area (Å²) in [7, 11) is 0. The van der Waals surface area contributed by atoms with E-state index in [9.17, 15) is 0 Å². The average molecular weight is 236 g/mol. The van der Waals surface area contributed by atoms with Crippen LogP contribution in [-0.4, -0.2) is 19.8 Å². The molecule has 1 heterocycles. The molecule has 0 radical (unpaired) electrons. The zero-order valence-electron chi connectivity index (χ0n) is 11.0. The highest BCUT2D eigenvalue weighted by Gasteiger charge is 2.35. The van der Waals surface area contributed by atoms with E-state index in [0.717, 1.165) is 16.9 Å². The first-order chi connectivity index (χ1) is 8.08. The van der Waals surface area contributed by atoms with Gasteiger partial charge in [-0.25, -0.2) is 0 Å². The maximum atomic E-state index is 5.70. The Morgan fingerprint density at radius 2 is 1.82 bits per heavy atom. The molecule has 0 spiro atoms. The minimum atomic E-state index is -0.598. The molecule has 17 heavy (non-hydrogen) atoms. The second-order valence-electron chi connectivity index (χ2n) is 4.44. The molecule has 0 aliphatic carbocycles. The van der Waals surface area contributed by atoms with Gasteiger partial charge in [0.2, 0.25) is 0 Å². The van der Waals surface area contributed by atoms with Crippen molar-refractivity contribution < 1.29 is 14.2 Å². The predicted octanol–water partition coefficient (Wildman–Crippen LogP) is 2.92. The van der Waals surface area contributed by atoms with Gasteiger partial charge in [0.15, 0.2) is 5.79 Å². The molecule has 0 unspecified atom stereocenters. The molecule has 1 aromatic carbocycles. The van der Waals surface area contributed by atoms with Crippen molar-refractivity contribution in [3.63, 3.8) is 0 Å². The van der Waals surface area contributed by atoms with Crippen LogP contribution in [0.5, 0.6) is 5.75 Å². The molecule has 1 aliphatic rings. The summed E-state index contributed by atoms with van der Waals surface area (Å²) in [6.45, 7) is 10.1. The molecule has 1 aliphatic heterocycles. The maximum absolute atomic E-state index is 5.70. The summed E-state index contributed by atoms with van der Waals surface area (Å²) in [4.78, 5) is 0. The van der Waals surface area contributed by atoms with Crippen molar-refractivity contribution in [1.29, 1.82) is 0 Å². The van der Waals surface area contributed by atoms with Gasteiger partial charge in [0, 0.05) is 5.56 Å². The van der Waals surface area contributed by atoms with Crippen LogP contribution in [-0.2, 0) is 15.3 Å². The molecule has 1 fully saturated rings. The zero-order chi connectivity index (χ0) is 12.5. The number of rotatable bonds is 3. The van der Waals surface area contributed by atoms with E-state index in [1.165, 1.54) is 5.56 Å². The van der Waals surface area contributed by atoms with Crippen LogP contribution in [0, 0.1) is 13.8 Å². The van der Waals surface area contributed by atoms with Crippen LogP contribution < -0.4 is 4.74 Å². The monoisotopic (exact) mass is 236 g/mol. The van der Waals surface area contributed by atoms with Gasteiger partial charge in [-0.05, 0) is 51.0 Å². The second kappa shape index (κ2) is 4.67. The lowest BCUT2D eigenvalue weighted by atomic mass is 9.97. The first kappa shape index (κ1) is 12.4. The van der Waals surface area contributed by atoms with Gasteiger partial charge in [-0.15, -0.1) is 0 Å². The smallest absolute Gasteiger partial charge is 0.192 e. The van der Waals surface area contributed by atoms with Crippen molar-refractivity contribution in [2.24, 2.45) is 0 Å². The topological polar surface area (TPSA) is 27.7 Å². The fourth-order valence-corrected chi connectivity index (χ4v) is 2.27. The van der Waals surface area contributed by atoms with Crippen molar-refractivity contribution in [2.45, 2.75) is 33.5 Å². The number of hydrogen-bond donors (Lipinski definition) is 0. The molecule has 1 saturated heterocycles. The molecule has 0 aromatic heterocycles. The summed E-state index contributed by atoms with van der Waals surface area (Å²) in [5.74, 6) is 0.343. The lowest BCUT2D eigenvalue weighted by molar-refractivity contribution is -0.150. The van der Waals surface area contributed by atoms with Crippen LogP contribution >= 0.6 is 0 Å². The molecule has 2 rings (SSSR count). The van der Waals surface area contributed by atoms with Crippen LogP contribution in [0.4, 0.5) is 0 Å². The third-order valence-corrected chi connectivity index (χ3v) is 3.36. The van der Waals surface area contributed by atoms with Gasteiger partial charge >= 0.3 is 0 Å². The van der Waals surface area contributed by atoms with Crippen molar-refractivity contribution >= 4 is 0 Å². The molecule has 3 nitrogen and oxygen atoms in total. The van der Waals surface area contributed by atoms with Crippen LogP contribution in [0.1, 0.15) is 30.5 Å². The van der Waals surface area contributed by atoms with Crippen LogP contribution in [0.15, 0.2) is 12.1 Å². The standard InChI is InChI=1S/C14H20O3/c1-5-15-13-7-6-12(10(2)11(13)3)14(4)16-8-9-17-14/h6-7H,5,8-9H2,1-4H3. The molecule has 94 valence electrons. The second-order valence-corrected chi connectivity index (χ2v) is 4.44. The van der Waals surface area contributed by atoms with E-state index in [2.05, 4.69) is 13.8 Å². The minimum Gasteiger partial charge on any atom is -0.494 e. The van der Waals surface area contributed by atoms with E-state index in [0.29, 0.717) is 19.8 Å². The Hall–Kier alpha value is -1.06. The fourth-order valence-electron chi connectivity index (χ4n) is 2.27. The molecule has 0 saturated carbocycles. The van der Waals surface area contributed by atoms with E-state index in [-0.39, 0.29) is 0 Å². The Balaban J connectivity index is 2.40. The largest absolute Gasteiger partial charge is 0.494 e.